The Morgan fingerprint density at radius 2 is 2.42 bits per heavy atom. The van der Waals surface area contributed by atoms with Crippen LogP contribution in [0.3, 0.4) is 0 Å². The zero-order valence-corrected chi connectivity index (χ0v) is 8.50. The molecular weight excluding hydrogens is 190 g/mol. The molecule has 2 N–H and O–H groups in total. The fraction of sp³-hybridized carbons (Fsp3) is 0.500. The lowest BCUT2D eigenvalue weighted by molar-refractivity contribution is 0.680. The van der Waals surface area contributed by atoms with Gasteiger partial charge in [0.25, 0.3) is 0 Å². The summed E-state index contributed by atoms with van der Waals surface area (Å²) < 4.78 is 11.3. The highest BCUT2D eigenvalue weighted by atomic mass is 32.2. The van der Waals surface area contributed by atoms with E-state index < -0.39 is 10.8 Å². The Morgan fingerprint density at radius 3 is 3.00 bits per heavy atom. The molecule has 0 spiro atoms. The lowest BCUT2D eigenvalue weighted by Gasteiger charge is -1.97. The van der Waals surface area contributed by atoms with Crippen molar-refractivity contribution in [2.45, 2.75) is 12.2 Å². The first kappa shape index (κ1) is 9.89. The van der Waals surface area contributed by atoms with E-state index in [0.29, 0.717) is 12.3 Å². The standard InChI is InChI=1S/C8H13NOS2/c9-3-1-5-12(10)7-8-2-4-11-6-8/h2,4,6H,1,3,5,7,9H2. The first-order chi connectivity index (χ1) is 5.83. The second kappa shape index (κ2) is 5.45. The largest absolute Gasteiger partial charge is 0.330 e. The molecule has 4 heteroatoms. The van der Waals surface area contributed by atoms with Crippen LogP contribution in [-0.2, 0) is 16.6 Å². The molecule has 0 radical (unpaired) electrons. The lowest BCUT2D eigenvalue weighted by Crippen LogP contribution is -2.06. The maximum atomic E-state index is 11.3. The summed E-state index contributed by atoms with van der Waals surface area (Å²) in [5.41, 5.74) is 6.49. The minimum Gasteiger partial charge on any atom is -0.330 e. The van der Waals surface area contributed by atoms with Crippen molar-refractivity contribution in [3.05, 3.63) is 22.4 Å². The van der Waals surface area contributed by atoms with Crippen LogP contribution in [0.15, 0.2) is 16.8 Å². The maximum absolute atomic E-state index is 11.3. The van der Waals surface area contributed by atoms with Gasteiger partial charge in [0.15, 0.2) is 0 Å². The first-order valence-corrected chi connectivity index (χ1v) is 6.32. The summed E-state index contributed by atoms with van der Waals surface area (Å²) in [6.45, 7) is 0.634. The van der Waals surface area contributed by atoms with Crippen LogP contribution in [0.2, 0.25) is 0 Å². The normalized spacial score (nSPS) is 13.1. The molecule has 1 aromatic heterocycles. The molecular formula is C8H13NOS2. The van der Waals surface area contributed by atoms with Crippen molar-refractivity contribution in [3.8, 4) is 0 Å². The number of thiophene rings is 1. The van der Waals surface area contributed by atoms with Gasteiger partial charge in [-0.15, -0.1) is 0 Å². The molecule has 12 heavy (non-hydrogen) atoms. The second-order valence-corrected chi connectivity index (χ2v) is 4.92. The van der Waals surface area contributed by atoms with Gasteiger partial charge in [-0.2, -0.15) is 11.3 Å². The highest BCUT2D eigenvalue weighted by molar-refractivity contribution is 7.84. The molecule has 0 bridgehead atoms. The summed E-state index contributed by atoms with van der Waals surface area (Å²) >= 11 is 1.65. The summed E-state index contributed by atoms with van der Waals surface area (Å²) in [4.78, 5) is 0. The van der Waals surface area contributed by atoms with Gasteiger partial charge in [-0.1, -0.05) is 0 Å². The Bertz CT molecular complexity index is 233. The molecule has 0 aliphatic rings. The molecule has 1 rings (SSSR count). The minimum absolute atomic E-state index is 0.634. The van der Waals surface area contributed by atoms with E-state index in [9.17, 15) is 4.21 Å². The number of hydrogen-bond acceptors (Lipinski definition) is 3. The second-order valence-electron chi connectivity index (χ2n) is 2.56. The van der Waals surface area contributed by atoms with Crippen molar-refractivity contribution >= 4 is 22.1 Å². The third-order valence-electron chi connectivity index (χ3n) is 1.48. The number of rotatable bonds is 5. The van der Waals surface area contributed by atoms with Gasteiger partial charge in [0, 0.05) is 22.3 Å². The van der Waals surface area contributed by atoms with Gasteiger partial charge < -0.3 is 5.73 Å². The zero-order valence-electron chi connectivity index (χ0n) is 6.86. The van der Waals surface area contributed by atoms with E-state index >= 15 is 0 Å². The van der Waals surface area contributed by atoms with E-state index in [0.717, 1.165) is 12.2 Å². The van der Waals surface area contributed by atoms with Crippen LogP contribution in [0.4, 0.5) is 0 Å². The quantitative estimate of drug-likeness (QED) is 0.785. The van der Waals surface area contributed by atoms with Gasteiger partial charge in [0.1, 0.15) is 0 Å². The van der Waals surface area contributed by atoms with Crippen LogP contribution < -0.4 is 5.73 Å². The Hall–Kier alpha value is -0.190. The molecule has 0 aromatic carbocycles. The highest BCUT2D eigenvalue weighted by Gasteiger charge is 2.00. The van der Waals surface area contributed by atoms with Gasteiger partial charge in [0.05, 0.1) is 0 Å². The van der Waals surface area contributed by atoms with Crippen molar-refractivity contribution in [1.29, 1.82) is 0 Å². The fourth-order valence-electron chi connectivity index (χ4n) is 0.877. The van der Waals surface area contributed by atoms with E-state index in [4.69, 9.17) is 5.73 Å². The van der Waals surface area contributed by atoms with E-state index in [2.05, 4.69) is 0 Å². The summed E-state index contributed by atoms with van der Waals surface area (Å²) in [6.07, 6.45) is 0.858. The molecule has 0 saturated carbocycles. The first-order valence-electron chi connectivity index (χ1n) is 3.89. The average Bonchev–Trinajstić information content (AvgIpc) is 2.53. The van der Waals surface area contributed by atoms with Crippen LogP contribution >= 0.6 is 11.3 Å². The van der Waals surface area contributed by atoms with Gasteiger partial charge in [0.2, 0.25) is 0 Å². The zero-order chi connectivity index (χ0) is 8.81. The van der Waals surface area contributed by atoms with Gasteiger partial charge in [-0.25, -0.2) is 0 Å². The number of nitrogens with two attached hydrogens (primary N) is 1. The Kier molecular flexibility index (Phi) is 4.50. The van der Waals surface area contributed by atoms with Gasteiger partial charge in [-0.05, 0) is 35.4 Å². The summed E-state index contributed by atoms with van der Waals surface area (Å²) in [5.74, 6) is 1.41. The summed E-state index contributed by atoms with van der Waals surface area (Å²) in [5, 5.41) is 4.05. The van der Waals surface area contributed by atoms with E-state index in [1.807, 2.05) is 16.8 Å². The minimum atomic E-state index is -0.723. The van der Waals surface area contributed by atoms with Crippen molar-refractivity contribution in [3.63, 3.8) is 0 Å². The van der Waals surface area contributed by atoms with Crippen LogP contribution in [0.25, 0.3) is 0 Å². The Morgan fingerprint density at radius 1 is 1.58 bits per heavy atom. The SMILES string of the molecule is NCCCS(=O)Cc1ccsc1. The van der Waals surface area contributed by atoms with Crippen molar-refractivity contribution < 1.29 is 4.21 Å². The third kappa shape index (κ3) is 3.47. The lowest BCUT2D eigenvalue weighted by atomic mass is 10.4. The van der Waals surface area contributed by atoms with Gasteiger partial charge >= 0.3 is 0 Å². The molecule has 0 aliphatic heterocycles. The predicted molar refractivity (Wildman–Crippen MR) is 54.7 cm³/mol. The van der Waals surface area contributed by atoms with Crippen LogP contribution in [0, 0.1) is 0 Å². The maximum Gasteiger partial charge on any atom is 0.0493 e. The summed E-state index contributed by atoms with van der Waals surface area (Å²) in [7, 11) is -0.723. The molecule has 1 unspecified atom stereocenters. The molecule has 1 aromatic rings. The Labute approximate surface area is 79.2 Å². The van der Waals surface area contributed by atoms with E-state index in [1.165, 1.54) is 5.56 Å². The molecule has 2 nitrogen and oxygen atoms in total. The topological polar surface area (TPSA) is 43.1 Å². The van der Waals surface area contributed by atoms with Gasteiger partial charge in [-0.3, -0.25) is 4.21 Å². The smallest absolute Gasteiger partial charge is 0.0493 e. The average molecular weight is 203 g/mol. The highest BCUT2D eigenvalue weighted by Crippen LogP contribution is 2.08. The predicted octanol–water partition coefficient (Wildman–Crippen LogP) is 1.35. The molecule has 0 aliphatic carbocycles. The van der Waals surface area contributed by atoms with E-state index in [1.54, 1.807) is 11.3 Å². The molecule has 0 saturated heterocycles. The van der Waals surface area contributed by atoms with Crippen LogP contribution in [0.5, 0.6) is 0 Å². The summed E-state index contributed by atoms with van der Waals surface area (Å²) in [6, 6.07) is 2.02. The number of hydrogen-bond donors (Lipinski definition) is 1. The molecule has 68 valence electrons. The molecule has 1 atom stereocenters. The van der Waals surface area contributed by atoms with E-state index in [-0.39, 0.29) is 0 Å². The molecule has 0 fully saturated rings. The monoisotopic (exact) mass is 203 g/mol. The van der Waals surface area contributed by atoms with Crippen LogP contribution in [0.1, 0.15) is 12.0 Å². The van der Waals surface area contributed by atoms with Crippen molar-refractivity contribution in [2.75, 3.05) is 12.3 Å². The molecule has 1 heterocycles. The van der Waals surface area contributed by atoms with Crippen molar-refractivity contribution in [1.82, 2.24) is 0 Å². The van der Waals surface area contributed by atoms with Crippen molar-refractivity contribution in [2.24, 2.45) is 5.73 Å². The molecule has 0 amide bonds. The fourth-order valence-corrected chi connectivity index (χ4v) is 2.84. The van der Waals surface area contributed by atoms with Crippen LogP contribution in [-0.4, -0.2) is 16.5 Å². The Balaban J connectivity index is 2.27. The third-order valence-corrected chi connectivity index (χ3v) is 3.62.